The lowest BCUT2D eigenvalue weighted by Gasteiger charge is -2.16. The minimum absolute atomic E-state index is 0.0511. The number of aliphatic hydroxyl groups excluding tert-OH is 2. The molecule has 2 aromatic carbocycles. The number of hydrogen-bond acceptors (Lipinski definition) is 6. The highest BCUT2D eigenvalue weighted by Gasteiger charge is 2.18. The van der Waals surface area contributed by atoms with Gasteiger partial charge in [-0.2, -0.15) is 0 Å². The van der Waals surface area contributed by atoms with Crippen molar-refractivity contribution in [2.75, 3.05) is 0 Å². The molecule has 0 spiro atoms. The maximum absolute atomic E-state index is 10.00. The number of phenolic OH excluding ortho intramolecular Hbond substituents is 4. The highest BCUT2D eigenvalue weighted by atomic mass is 16.3. The molecule has 0 aliphatic carbocycles. The summed E-state index contributed by atoms with van der Waals surface area (Å²) in [5.74, 6) is 4.10. The first kappa shape index (κ1) is 16.5. The van der Waals surface area contributed by atoms with E-state index in [1.165, 1.54) is 30.3 Å². The predicted molar refractivity (Wildman–Crippen MR) is 82.0 cm³/mol. The zero-order chi connectivity index (χ0) is 17.0. The van der Waals surface area contributed by atoms with Crippen molar-refractivity contribution in [2.24, 2.45) is 0 Å². The van der Waals surface area contributed by atoms with Gasteiger partial charge in [-0.1, -0.05) is 17.9 Å². The minimum atomic E-state index is -1.27. The fourth-order valence-corrected chi connectivity index (χ4v) is 1.92. The average Bonchev–Trinajstić information content (AvgIpc) is 2.52. The smallest absolute Gasteiger partial charge is 0.158 e. The van der Waals surface area contributed by atoms with Crippen LogP contribution in [0.25, 0.3) is 0 Å². The van der Waals surface area contributed by atoms with Gasteiger partial charge in [-0.05, 0) is 35.9 Å². The Hall–Kier alpha value is -2.88. The van der Waals surface area contributed by atoms with Gasteiger partial charge in [0.2, 0.25) is 0 Å². The summed E-state index contributed by atoms with van der Waals surface area (Å²) in [6.07, 6.45) is -2.52. The summed E-state index contributed by atoms with van der Waals surface area (Å²) >= 11 is 0. The Kier molecular flexibility index (Phi) is 4.96. The van der Waals surface area contributed by atoms with E-state index in [1.54, 1.807) is 0 Å². The number of aliphatic hydroxyl groups is 2. The predicted octanol–water partition coefficient (Wildman–Crippen LogP) is 1.35. The van der Waals surface area contributed by atoms with Crippen LogP contribution >= 0.6 is 0 Å². The molecule has 6 heteroatoms. The maximum Gasteiger partial charge on any atom is 0.158 e. The zero-order valence-corrected chi connectivity index (χ0v) is 12.0. The van der Waals surface area contributed by atoms with Crippen LogP contribution in [-0.4, -0.2) is 36.7 Å². The van der Waals surface area contributed by atoms with E-state index in [-0.39, 0.29) is 35.0 Å². The van der Waals surface area contributed by atoms with Crippen molar-refractivity contribution in [3.63, 3.8) is 0 Å². The van der Waals surface area contributed by atoms with Crippen LogP contribution in [0.5, 0.6) is 23.0 Å². The largest absolute Gasteiger partial charge is 0.504 e. The third-order valence-corrected chi connectivity index (χ3v) is 3.22. The molecule has 0 aliphatic heterocycles. The second kappa shape index (κ2) is 6.92. The lowest BCUT2D eigenvalue weighted by molar-refractivity contribution is 0.0217. The van der Waals surface area contributed by atoms with Crippen LogP contribution in [0.4, 0.5) is 0 Å². The van der Waals surface area contributed by atoms with E-state index in [1.807, 2.05) is 0 Å². The van der Waals surface area contributed by atoms with Crippen LogP contribution in [0, 0.1) is 11.8 Å². The van der Waals surface area contributed by atoms with Crippen LogP contribution in [0.3, 0.4) is 0 Å². The van der Waals surface area contributed by atoms with Crippen molar-refractivity contribution < 1.29 is 30.6 Å². The molecule has 0 fully saturated rings. The van der Waals surface area contributed by atoms with Crippen LogP contribution in [-0.2, 0) is 0 Å². The molecule has 0 radical (unpaired) electrons. The van der Waals surface area contributed by atoms with Crippen molar-refractivity contribution >= 4 is 0 Å². The summed E-state index contributed by atoms with van der Waals surface area (Å²) < 4.78 is 0. The topological polar surface area (TPSA) is 121 Å². The molecule has 2 rings (SSSR count). The summed E-state index contributed by atoms with van der Waals surface area (Å²) in [5, 5.41) is 57.1. The highest BCUT2D eigenvalue weighted by molar-refractivity contribution is 5.46. The Morgan fingerprint density at radius 3 is 2.00 bits per heavy atom. The quantitative estimate of drug-likeness (QED) is 0.375. The van der Waals surface area contributed by atoms with E-state index < -0.39 is 12.2 Å². The first-order valence-corrected chi connectivity index (χ1v) is 6.77. The van der Waals surface area contributed by atoms with Gasteiger partial charge in [-0.3, -0.25) is 0 Å². The van der Waals surface area contributed by atoms with E-state index in [9.17, 15) is 30.6 Å². The molecule has 0 saturated heterocycles. The molecule has 2 atom stereocenters. The van der Waals surface area contributed by atoms with Gasteiger partial charge in [0, 0.05) is 12.0 Å². The average molecular weight is 316 g/mol. The summed E-state index contributed by atoms with van der Waals surface area (Å²) in [7, 11) is 0. The third-order valence-electron chi connectivity index (χ3n) is 3.22. The van der Waals surface area contributed by atoms with Crippen molar-refractivity contribution in [3.8, 4) is 34.8 Å². The summed E-state index contributed by atoms with van der Waals surface area (Å²) in [4.78, 5) is 0. The lowest BCUT2D eigenvalue weighted by atomic mass is 10.0. The van der Waals surface area contributed by atoms with Gasteiger partial charge >= 0.3 is 0 Å². The molecular weight excluding hydrogens is 300 g/mol. The number of benzene rings is 2. The normalized spacial score (nSPS) is 13.0. The molecule has 2 aromatic rings. The Morgan fingerprint density at radius 2 is 1.39 bits per heavy atom. The van der Waals surface area contributed by atoms with Crippen molar-refractivity contribution in [1.82, 2.24) is 0 Å². The van der Waals surface area contributed by atoms with Crippen molar-refractivity contribution in [1.29, 1.82) is 0 Å². The second-order valence-corrected chi connectivity index (χ2v) is 4.97. The standard InChI is InChI=1S/C17H16O6/c18-12-6-4-10(8-15(12)21)2-1-3-14(20)17(23)11-5-7-13(19)16(22)9-11/h4-9,14,17-23H,3H2/t14-,17+/m1/s1. The fourth-order valence-electron chi connectivity index (χ4n) is 1.92. The Labute approximate surface area is 132 Å². The molecule has 23 heavy (non-hydrogen) atoms. The molecule has 0 aromatic heterocycles. The van der Waals surface area contributed by atoms with Crippen molar-refractivity contribution in [3.05, 3.63) is 47.5 Å². The molecule has 6 nitrogen and oxygen atoms in total. The number of phenols is 4. The zero-order valence-electron chi connectivity index (χ0n) is 12.0. The minimum Gasteiger partial charge on any atom is -0.504 e. The summed E-state index contributed by atoms with van der Waals surface area (Å²) in [6, 6.07) is 7.84. The van der Waals surface area contributed by atoms with E-state index >= 15 is 0 Å². The van der Waals surface area contributed by atoms with Gasteiger partial charge in [0.05, 0.1) is 6.10 Å². The fraction of sp³-hybridized carbons (Fsp3) is 0.176. The van der Waals surface area contributed by atoms with Gasteiger partial charge < -0.3 is 30.6 Å². The summed E-state index contributed by atoms with van der Waals surface area (Å²) in [6.45, 7) is 0. The highest BCUT2D eigenvalue weighted by Crippen LogP contribution is 2.29. The Morgan fingerprint density at radius 1 is 0.783 bits per heavy atom. The summed E-state index contributed by atoms with van der Waals surface area (Å²) in [5.41, 5.74) is 0.696. The number of aromatic hydroxyl groups is 4. The molecule has 0 aliphatic rings. The molecule has 0 heterocycles. The molecule has 6 N–H and O–H groups in total. The molecule has 0 saturated carbocycles. The molecule has 0 amide bonds. The van der Waals surface area contributed by atoms with Gasteiger partial charge in [0.15, 0.2) is 23.0 Å². The first-order chi connectivity index (χ1) is 10.9. The van der Waals surface area contributed by atoms with E-state index in [0.29, 0.717) is 5.56 Å². The monoisotopic (exact) mass is 316 g/mol. The number of hydrogen-bond donors (Lipinski definition) is 6. The van der Waals surface area contributed by atoms with E-state index in [4.69, 9.17) is 0 Å². The molecule has 0 bridgehead atoms. The van der Waals surface area contributed by atoms with Gasteiger partial charge in [0.25, 0.3) is 0 Å². The van der Waals surface area contributed by atoms with E-state index in [0.717, 1.165) is 6.07 Å². The SMILES string of the molecule is Oc1ccc(C#CC[C@@H](O)[C@@H](O)c2ccc(O)c(O)c2)cc1O. The number of rotatable bonds is 3. The third kappa shape index (κ3) is 4.07. The molecule has 120 valence electrons. The molecule has 0 unspecified atom stereocenters. The maximum atomic E-state index is 10.00. The van der Waals surface area contributed by atoms with Crippen LogP contribution in [0.1, 0.15) is 23.7 Å². The van der Waals surface area contributed by atoms with Crippen LogP contribution in [0.15, 0.2) is 36.4 Å². The van der Waals surface area contributed by atoms with E-state index in [2.05, 4.69) is 11.8 Å². The second-order valence-electron chi connectivity index (χ2n) is 4.97. The van der Waals surface area contributed by atoms with Gasteiger partial charge in [-0.25, -0.2) is 0 Å². The Balaban J connectivity index is 2.04. The molecular formula is C17H16O6. The first-order valence-electron chi connectivity index (χ1n) is 6.77. The van der Waals surface area contributed by atoms with Gasteiger partial charge in [0.1, 0.15) is 6.10 Å². The van der Waals surface area contributed by atoms with Gasteiger partial charge in [-0.15, -0.1) is 0 Å². The van der Waals surface area contributed by atoms with Crippen LogP contribution < -0.4 is 0 Å². The van der Waals surface area contributed by atoms with Crippen molar-refractivity contribution in [2.45, 2.75) is 18.6 Å². The lowest BCUT2D eigenvalue weighted by Crippen LogP contribution is -2.17. The van der Waals surface area contributed by atoms with Crippen LogP contribution in [0.2, 0.25) is 0 Å². The Bertz CT molecular complexity index is 759.